The van der Waals surface area contributed by atoms with E-state index in [-0.39, 0.29) is 22.2 Å². The topological polar surface area (TPSA) is 177 Å². The van der Waals surface area contributed by atoms with Crippen LogP contribution in [-0.2, 0) is 19.2 Å². The van der Waals surface area contributed by atoms with Crippen molar-refractivity contribution in [1.82, 2.24) is 15.2 Å². The molecule has 4 N–H and O–H groups in total. The van der Waals surface area contributed by atoms with Gasteiger partial charge in [-0.2, -0.15) is 0 Å². The summed E-state index contributed by atoms with van der Waals surface area (Å²) in [6, 6.07) is 5.94. The molecule has 2 aliphatic heterocycles. The van der Waals surface area contributed by atoms with Crippen molar-refractivity contribution in [3.63, 3.8) is 0 Å². The maximum Gasteiger partial charge on any atom is 0.352 e. The number of carbonyl (C=O) groups excluding carboxylic acids is 2. The Hall–Kier alpha value is -3.82. The van der Waals surface area contributed by atoms with Crippen molar-refractivity contribution in [2.75, 3.05) is 24.3 Å². The molecule has 2 atom stereocenters. The standard InChI is InChI=1S/C24H21N5O7S3/c1-10-5-16(30)36-15-6-12(3-4-13(10)15)37-7-11-8-38-22-18(21(32)29(22)19(11)23(33)34)27-20(31)17(28-35-2)14-9-39-24(25)26-14/h3-6,9,18,22H,7-8H2,1-2H3,(H2,25,26)(H,27,31)(H,33,34)/t18-,22+/m1/s1. The highest BCUT2D eigenvalue weighted by atomic mass is 32.2. The number of nitrogens with zero attached hydrogens (tertiary/aromatic N) is 3. The number of fused-ring (bicyclic) bond motifs is 2. The Morgan fingerprint density at radius 3 is 2.85 bits per heavy atom. The van der Waals surface area contributed by atoms with Crippen molar-refractivity contribution in [2.24, 2.45) is 5.16 Å². The molecule has 15 heteroatoms. The molecule has 0 bridgehead atoms. The van der Waals surface area contributed by atoms with Crippen molar-refractivity contribution in [1.29, 1.82) is 0 Å². The van der Waals surface area contributed by atoms with Gasteiger partial charge in [0.1, 0.15) is 35.5 Å². The summed E-state index contributed by atoms with van der Waals surface area (Å²) in [7, 11) is 1.27. The van der Waals surface area contributed by atoms with Gasteiger partial charge in [0.05, 0.1) is 0 Å². The molecule has 4 heterocycles. The number of aryl methyl sites for hydroxylation is 1. The molecule has 12 nitrogen and oxygen atoms in total. The molecule has 0 aliphatic carbocycles. The lowest BCUT2D eigenvalue weighted by Gasteiger charge is -2.49. The van der Waals surface area contributed by atoms with Gasteiger partial charge in [0.2, 0.25) is 0 Å². The van der Waals surface area contributed by atoms with E-state index >= 15 is 0 Å². The summed E-state index contributed by atoms with van der Waals surface area (Å²) in [6.45, 7) is 1.82. The van der Waals surface area contributed by atoms with Crippen LogP contribution in [0, 0.1) is 6.92 Å². The fourth-order valence-electron chi connectivity index (χ4n) is 4.26. The zero-order valence-corrected chi connectivity index (χ0v) is 22.9. The molecule has 0 unspecified atom stereocenters. The third-order valence-corrected chi connectivity index (χ3v) is 9.13. The summed E-state index contributed by atoms with van der Waals surface area (Å²) in [5, 5.41) is 18.3. The van der Waals surface area contributed by atoms with E-state index in [2.05, 4.69) is 15.5 Å². The van der Waals surface area contributed by atoms with Gasteiger partial charge in [-0.05, 0) is 36.3 Å². The first kappa shape index (κ1) is 26.8. The van der Waals surface area contributed by atoms with Gasteiger partial charge < -0.3 is 25.4 Å². The number of carbonyl (C=O) groups is 3. The smallest absolute Gasteiger partial charge is 0.352 e. The Morgan fingerprint density at radius 2 is 2.15 bits per heavy atom. The summed E-state index contributed by atoms with van der Waals surface area (Å²) >= 11 is 3.85. The second-order valence-electron chi connectivity index (χ2n) is 8.51. The average Bonchev–Trinajstić information content (AvgIpc) is 3.33. The highest BCUT2D eigenvalue weighted by Crippen LogP contribution is 2.41. The Balaban J connectivity index is 1.32. The number of amides is 2. The van der Waals surface area contributed by atoms with Crippen LogP contribution in [0.15, 0.2) is 60.2 Å². The maximum absolute atomic E-state index is 13.0. The number of aliphatic carboxylic acids is 1. The first-order valence-electron chi connectivity index (χ1n) is 11.4. The summed E-state index contributed by atoms with van der Waals surface area (Å²) in [4.78, 5) is 60.7. The highest BCUT2D eigenvalue weighted by Gasteiger charge is 2.54. The van der Waals surface area contributed by atoms with E-state index in [0.29, 0.717) is 22.7 Å². The van der Waals surface area contributed by atoms with Crippen LogP contribution in [0.25, 0.3) is 11.0 Å². The minimum absolute atomic E-state index is 0.0945. The van der Waals surface area contributed by atoms with Crippen LogP contribution < -0.4 is 16.7 Å². The number of benzene rings is 1. The molecule has 2 aliphatic rings. The molecule has 3 aromatic rings. The van der Waals surface area contributed by atoms with Crippen LogP contribution in [0.1, 0.15) is 11.3 Å². The van der Waals surface area contributed by atoms with E-state index in [1.165, 1.54) is 47.0 Å². The molecule has 0 spiro atoms. The predicted molar refractivity (Wildman–Crippen MR) is 148 cm³/mol. The Kier molecular flexibility index (Phi) is 7.38. The van der Waals surface area contributed by atoms with E-state index in [4.69, 9.17) is 15.0 Å². The zero-order valence-electron chi connectivity index (χ0n) is 20.5. The molecule has 0 saturated carbocycles. The van der Waals surface area contributed by atoms with E-state index in [1.54, 1.807) is 6.07 Å². The first-order valence-corrected chi connectivity index (χ1v) is 14.3. The monoisotopic (exact) mass is 587 g/mol. The summed E-state index contributed by atoms with van der Waals surface area (Å²) < 4.78 is 5.30. The number of nitrogens with two attached hydrogens (primary N) is 1. The number of thiazole rings is 1. The van der Waals surface area contributed by atoms with E-state index in [9.17, 15) is 24.3 Å². The molecule has 2 amide bonds. The van der Waals surface area contributed by atoms with Crippen molar-refractivity contribution in [3.05, 3.63) is 62.6 Å². The Labute approximate surface area is 233 Å². The highest BCUT2D eigenvalue weighted by molar-refractivity contribution is 8.01. The van der Waals surface area contributed by atoms with Crippen molar-refractivity contribution >= 4 is 74.5 Å². The fourth-order valence-corrected chi connectivity index (χ4v) is 7.22. The van der Waals surface area contributed by atoms with Crippen LogP contribution >= 0.6 is 34.9 Å². The van der Waals surface area contributed by atoms with E-state index < -0.39 is 34.8 Å². The largest absolute Gasteiger partial charge is 0.477 e. The van der Waals surface area contributed by atoms with Gasteiger partial charge >= 0.3 is 11.6 Å². The lowest BCUT2D eigenvalue weighted by atomic mass is 10.0. The van der Waals surface area contributed by atoms with Crippen molar-refractivity contribution in [3.8, 4) is 0 Å². The molecule has 0 radical (unpaired) electrons. The average molecular weight is 588 g/mol. The number of hydrogen-bond acceptors (Lipinski definition) is 12. The number of nitrogens with one attached hydrogen (secondary N) is 1. The molecular formula is C24H21N5O7S3. The number of carboxylic acid groups (broad SMARTS) is 1. The number of thioether (sulfide) groups is 2. The van der Waals surface area contributed by atoms with E-state index in [0.717, 1.165) is 27.2 Å². The molecular weight excluding hydrogens is 566 g/mol. The number of carboxylic acids is 1. The second kappa shape index (κ2) is 10.7. The van der Waals surface area contributed by atoms with Crippen molar-refractivity contribution in [2.45, 2.75) is 23.2 Å². The Morgan fingerprint density at radius 1 is 1.36 bits per heavy atom. The fraction of sp³-hybridized carbons (Fsp3) is 0.250. The third kappa shape index (κ3) is 5.12. The zero-order chi connectivity index (χ0) is 27.8. The van der Waals surface area contributed by atoms with Crippen LogP contribution in [0.4, 0.5) is 5.13 Å². The SMILES string of the molecule is CON=C(C(=O)N[C@@H]1C(=O)N2C(C(=O)O)=C(CSc3ccc4c(C)cc(=O)oc4c3)CS[C@@H]12)c1csc(N)n1. The van der Waals surface area contributed by atoms with Gasteiger partial charge in [0.25, 0.3) is 11.8 Å². The summed E-state index contributed by atoms with van der Waals surface area (Å²) in [6.07, 6.45) is 0. The molecule has 1 fully saturated rings. The third-order valence-electron chi connectivity index (χ3n) is 6.03. The number of aromatic nitrogens is 1. The second-order valence-corrected chi connectivity index (χ2v) is 11.6. The minimum Gasteiger partial charge on any atom is -0.477 e. The Bertz CT molecular complexity index is 1630. The molecule has 1 aromatic carbocycles. The van der Waals surface area contributed by atoms with Crippen molar-refractivity contribution < 1.29 is 28.7 Å². The first-order chi connectivity index (χ1) is 18.7. The van der Waals surface area contributed by atoms with Crippen LogP contribution in [0.2, 0.25) is 0 Å². The molecule has 202 valence electrons. The van der Waals surface area contributed by atoms with Crippen LogP contribution in [0.5, 0.6) is 0 Å². The van der Waals surface area contributed by atoms with Gasteiger partial charge in [-0.1, -0.05) is 5.16 Å². The minimum atomic E-state index is -1.23. The van der Waals surface area contributed by atoms with Crippen LogP contribution in [0.3, 0.4) is 0 Å². The maximum atomic E-state index is 13.0. The van der Waals surface area contributed by atoms with E-state index in [1.807, 2.05) is 19.1 Å². The van der Waals surface area contributed by atoms with Crippen LogP contribution in [-0.4, -0.2) is 68.5 Å². The number of oxime groups is 1. The normalized spacial score (nSPS) is 19.1. The lowest BCUT2D eigenvalue weighted by molar-refractivity contribution is -0.150. The summed E-state index contributed by atoms with van der Waals surface area (Å²) in [5.41, 5.74) is 6.98. The molecule has 39 heavy (non-hydrogen) atoms. The van der Waals surface area contributed by atoms with Gasteiger partial charge in [0, 0.05) is 33.2 Å². The molecule has 2 aromatic heterocycles. The molecule has 1 saturated heterocycles. The van der Waals surface area contributed by atoms with Gasteiger partial charge in [-0.15, -0.1) is 34.9 Å². The summed E-state index contributed by atoms with van der Waals surface area (Å²) in [5.74, 6) is -1.81. The lowest BCUT2D eigenvalue weighted by Crippen LogP contribution is -2.71. The van der Waals surface area contributed by atoms with Gasteiger partial charge in [-0.25, -0.2) is 14.6 Å². The number of anilines is 1. The van der Waals surface area contributed by atoms with Gasteiger partial charge in [-0.3, -0.25) is 14.5 Å². The predicted octanol–water partition coefficient (Wildman–Crippen LogP) is 2.02. The quantitative estimate of drug-likeness (QED) is 0.115. The number of rotatable bonds is 8. The van der Waals surface area contributed by atoms with Gasteiger partial charge in [0.15, 0.2) is 10.8 Å². The number of hydrogen-bond donors (Lipinski definition) is 3. The molecule has 5 rings (SSSR count). The number of β-lactam (4-membered cyclic amide) rings is 1. The number of nitrogen functional groups attached to an aromatic ring is 1.